The molecule has 0 aliphatic heterocycles. The summed E-state index contributed by atoms with van der Waals surface area (Å²) in [6, 6.07) is 1.62. The molecule has 0 amide bonds. The Morgan fingerprint density at radius 2 is 2.00 bits per heavy atom. The number of aryl methyl sites for hydroxylation is 2. The molecule has 2 aromatic rings. The Bertz CT molecular complexity index is 690. The highest BCUT2D eigenvalue weighted by molar-refractivity contribution is 5.70. The molecule has 21 heavy (non-hydrogen) atoms. The number of hydrogen-bond donors (Lipinski definition) is 1. The molecule has 0 unspecified atom stereocenters. The van der Waals surface area contributed by atoms with Crippen molar-refractivity contribution in [3.05, 3.63) is 32.5 Å². The van der Waals surface area contributed by atoms with Crippen LogP contribution in [0.25, 0.3) is 0 Å². The number of nitro groups is 2. The van der Waals surface area contributed by atoms with Gasteiger partial charge in [0.15, 0.2) is 5.82 Å². The molecule has 0 aliphatic carbocycles. The van der Waals surface area contributed by atoms with Crippen molar-refractivity contribution in [3.8, 4) is 0 Å². The fourth-order valence-electron chi connectivity index (χ4n) is 1.83. The molecular formula is C10H13N7O4. The molecular weight excluding hydrogens is 282 g/mol. The number of rotatable bonds is 6. The van der Waals surface area contributed by atoms with Crippen molar-refractivity contribution in [2.45, 2.75) is 19.9 Å². The van der Waals surface area contributed by atoms with Crippen LogP contribution in [-0.2, 0) is 13.6 Å². The summed E-state index contributed by atoms with van der Waals surface area (Å²) < 4.78 is 2.72. The molecule has 0 fully saturated rings. The summed E-state index contributed by atoms with van der Waals surface area (Å²) in [4.78, 5) is 20.1. The van der Waals surface area contributed by atoms with Crippen LogP contribution in [0, 0.1) is 20.2 Å². The molecule has 11 nitrogen and oxygen atoms in total. The van der Waals surface area contributed by atoms with E-state index in [1.807, 2.05) is 6.92 Å². The fourth-order valence-corrected chi connectivity index (χ4v) is 1.83. The summed E-state index contributed by atoms with van der Waals surface area (Å²) in [5, 5.41) is 32.3. The normalized spacial score (nSPS) is 10.6. The van der Waals surface area contributed by atoms with Crippen molar-refractivity contribution < 1.29 is 9.85 Å². The van der Waals surface area contributed by atoms with Gasteiger partial charge in [0.1, 0.15) is 0 Å². The molecule has 0 aromatic carbocycles. The van der Waals surface area contributed by atoms with Crippen molar-refractivity contribution in [2.75, 3.05) is 5.32 Å². The molecule has 2 aromatic heterocycles. The second kappa shape index (κ2) is 5.56. The van der Waals surface area contributed by atoms with Crippen LogP contribution in [0.3, 0.4) is 0 Å². The third kappa shape index (κ3) is 2.80. The van der Waals surface area contributed by atoms with Gasteiger partial charge in [-0.15, -0.1) is 0 Å². The van der Waals surface area contributed by atoms with Crippen LogP contribution in [0.5, 0.6) is 0 Å². The first-order chi connectivity index (χ1) is 9.93. The Balaban J connectivity index is 2.38. The van der Waals surface area contributed by atoms with E-state index in [9.17, 15) is 20.2 Å². The van der Waals surface area contributed by atoms with E-state index in [0.717, 1.165) is 11.1 Å². The van der Waals surface area contributed by atoms with Crippen LogP contribution in [-0.4, -0.2) is 29.4 Å². The third-order valence-corrected chi connectivity index (χ3v) is 2.70. The molecule has 112 valence electrons. The van der Waals surface area contributed by atoms with Crippen LogP contribution < -0.4 is 5.32 Å². The van der Waals surface area contributed by atoms with Crippen LogP contribution in [0.15, 0.2) is 12.3 Å². The Kier molecular flexibility index (Phi) is 3.82. The van der Waals surface area contributed by atoms with Crippen LogP contribution in [0.1, 0.15) is 13.3 Å². The summed E-state index contributed by atoms with van der Waals surface area (Å²) >= 11 is 0. The zero-order valence-electron chi connectivity index (χ0n) is 11.4. The molecule has 2 rings (SSSR count). The van der Waals surface area contributed by atoms with Gasteiger partial charge in [-0.2, -0.15) is 9.78 Å². The SMILES string of the molecule is CCCn1ccc(Nc2c([N+](=O)[O-])c([N+](=O)[O-])nn2C)n1. The Hall–Kier alpha value is -2.98. The summed E-state index contributed by atoms with van der Waals surface area (Å²) in [6.07, 6.45) is 2.60. The lowest BCUT2D eigenvalue weighted by atomic mass is 10.4. The molecule has 1 N–H and O–H groups in total. The smallest absolute Gasteiger partial charge is 0.358 e. The highest BCUT2D eigenvalue weighted by atomic mass is 16.6. The fraction of sp³-hybridized carbons (Fsp3) is 0.400. The van der Waals surface area contributed by atoms with Gasteiger partial charge in [0.05, 0.1) is 17.1 Å². The third-order valence-electron chi connectivity index (χ3n) is 2.70. The number of hydrogen-bond acceptors (Lipinski definition) is 7. The van der Waals surface area contributed by atoms with Gasteiger partial charge in [0.25, 0.3) is 0 Å². The van der Waals surface area contributed by atoms with Crippen LogP contribution in [0.2, 0.25) is 0 Å². The largest absolute Gasteiger partial charge is 0.470 e. The molecule has 0 saturated carbocycles. The minimum Gasteiger partial charge on any atom is -0.358 e. The quantitative estimate of drug-likeness (QED) is 0.631. The number of nitrogens with one attached hydrogen (secondary N) is 1. The number of anilines is 2. The van der Waals surface area contributed by atoms with E-state index in [4.69, 9.17) is 0 Å². The van der Waals surface area contributed by atoms with Gasteiger partial charge in [-0.05, 0) is 11.3 Å². The highest BCUT2D eigenvalue weighted by Crippen LogP contribution is 2.34. The molecule has 0 saturated heterocycles. The van der Waals surface area contributed by atoms with E-state index < -0.39 is 21.4 Å². The molecule has 0 radical (unpaired) electrons. The van der Waals surface area contributed by atoms with Gasteiger partial charge in [0, 0.05) is 18.8 Å². The summed E-state index contributed by atoms with van der Waals surface area (Å²) in [5.41, 5.74) is -0.687. The molecule has 0 bridgehead atoms. The summed E-state index contributed by atoms with van der Waals surface area (Å²) in [5.74, 6) is -0.545. The number of aromatic nitrogens is 4. The van der Waals surface area contributed by atoms with Gasteiger partial charge in [-0.3, -0.25) is 14.8 Å². The standard InChI is InChI=1S/C10H13N7O4/c1-3-5-15-6-4-7(12-15)11-9-8(16(18)19)10(17(20)21)13-14(9)2/h4,6H,3,5H2,1-2H3,(H,11,12). The average Bonchev–Trinajstić information content (AvgIpc) is 2.96. The van der Waals surface area contributed by atoms with Crippen LogP contribution in [0.4, 0.5) is 23.1 Å². The zero-order chi connectivity index (χ0) is 15.6. The Morgan fingerprint density at radius 1 is 1.29 bits per heavy atom. The topological polar surface area (TPSA) is 134 Å². The first kappa shape index (κ1) is 14.4. The summed E-state index contributed by atoms with van der Waals surface area (Å²) in [7, 11) is 1.38. The van der Waals surface area contributed by atoms with Crippen molar-refractivity contribution in [2.24, 2.45) is 7.05 Å². The summed E-state index contributed by atoms with van der Waals surface area (Å²) in [6.45, 7) is 2.69. The maximum atomic E-state index is 11.0. The highest BCUT2D eigenvalue weighted by Gasteiger charge is 2.37. The van der Waals surface area contributed by atoms with Crippen molar-refractivity contribution >= 4 is 23.1 Å². The van der Waals surface area contributed by atoms with E-state index in [0.29, 0.717) is 12.4 Å². The molecule has 11 heteroatoms. The predicted octanol–water partition coefficient (Wildman–Crippen LogP) is 1.59. The van der Waals surface area contributed by atoms with Gasteiger partial charge < -0.3 is 15.4 Å². The van der Waals surface area contributed by atoms with E-state index in [1.54, 1.807) is 16.9 Å². The molecule has 0 spiro atoms. The van der Waals surface area contributed by atoms with Crippen molar-refractivity contribution in [1.29, 1.82) is 0 Å². The molecule has 0 atom stereocenters. The van der Waals surface area contributed by atoms with Gasteiger partial charge in [-0.1, -0.05) is 6.92 Å². The maximum absolute atomic E-state index is 11.0. The second-order valence-corrected chi connectivity index (χ2v) is 4.25. The van der Waals surface area contributed by atoms with E-state index in [1.165, 1.54) is 7.05 Å². The first-order valence-corrected chi connectivity index (χ1v) is 6.10. The number of nitrogens with zero attached hydrogens (tertiary/aromatic N) is 6. The van der Waals surface area contributed by atoms with Gasteiger partial charge in [0.2, 0.25) is 5.82 Å². The molecule has 0 aliphatic rings. The lowest BCUT2D eigenvalue weighted by molar-refractivity contribution is -0.424. The first-order valence-electron chi connectivity index (χ1n) is 6.10. The van der Waals surface area contributed by atoms with E-state index in [2.05, 4.69) is 15.5 Å². The minimum atomic E-state index is -0.890. The predicted molar refractivity (Wildman–Crippen MR) is 72.3 cm³/mol. The van der Waals surface area contributed by atoms with Gasteiger partial charge in [-0.25, -0.2) is 0 Å². The van der Waals surface area contributed by atoms with Crippen molar-refractivity contribution in [1.82, 2.24) is 19.6 Å². The monoisotopic (exact) mass is 295 g/mol. The zero-order valence-corrected chi connectivity index (χ0v) is 11.4. The van der Waals surface area contributed by atoms with Crippen LogP contribution >= 0.6 is 0 Å². The minimum absolute atomic E-state index is 0.0894. The van der Waals surface area contributed by atoms with Gasteiger partial charge >= 0.3 is 11.5 Å². The average molecular weight is 295 g/mol. The second-order valence-electron chi connectivity index (χ2n) is 4.25. The molecule has 2 heterocycles. The lowest BCUT2D eigenvalue weighted by Crippen LogP contribution is -2.03. The Labute approximate surface area is 118 Å². The lowest BCUT2D eigenvalue weighted by Gasteiger charge is -2.00. The van der Waals surface area contributed by atoms with E-state index in [-0.39, 0.29) is 5.82 Å². The maximum Gasteiger partial charge on any atom is 0.470 e. The Morgan fingerprint density at radius 3 is 2.57 bits per heavy atom. The van der Waals surface area contributed by atoms with E-state index >= 15 is 0 Å². The van der Waals surface area contributed by atoms with Crippen molar-refractivity contribution in [3.63, 3.8) is 0 Å².